The first-order valence-corrected chi connectivity index (χ1v) is 9.08. The SMILES string of the molecule is CC(=O)NC1CCN(C(=O)C2(Oc3ccc(Cl)cc3)CCNCC2)C1. The second-order valence-corrected chi connectivity index (χ2v) is 7.17. The predicted molar refractivity (Wildman–Crippen MR) is 95.7 cm³/mol. The van der Waals surface area contributed by atoms with Crippen LogP contribution in [0.5, 0.6) is 5.75 Å². The van der Waals surface area contributed by atoms with Crippen molar-refractivity contribution >= 4 is 23.4 Å². The summed E-state index contributed by atoms with van der Waals surface area (Å²) in [6, 6.07) is 7.14. The van der Waals surface area contributed by atoms with Crippen LogP contribution in [-0.4, -0.2) is 54.5 Å². The molecule has 3 rings (SSSR count). The van der Waals surface area contributed by atoms with E-state index in [4.69, 9.17) is 16.3 Å². The number of halogens is 1. The van der Waals surface area contributed by atoms with E-state index in [1.54, 1.807) is 24.3 Å². The molecule has 136 valence electrons. The number of piperidine rings is 1. The summed E-state index contributed by atoms with van der Waals surface area (Å²) in [4.78, 5) is 26.3. The molecule has 1 atom stereocenters. The van der Waals surface area contributed by atoms with Gasteiger partial charge in [0.15, 0.2) is 5.60 Å². The van der Waals surface area contributed by atoms with Gasteiger partial charge in [-0.25, -0.2) is 0 Å². The molecule has 0 radical (unpaired) electrons. The van der Waals surface area contributed by atoms with E-state index >= 15 is 0 Å². The fourth-order valence-electron chi connectivity index (χ4n) is 3.56. The van der Waals surface area contributed by atoms with E-state index in [9.17, 15) is 9.59 Å². The van der Waals surface area contributed by atoms with Crippen LogP contribution in [0.3, 0.4) is 0 Å². The van der Waals surface area contributed by atoms with E-state index in [2.05, 4.69) is 10.6 Å². The number of rotatable bonds is 4. The highest BCUT2D eigenvalue weighted by Crippen LogP contribution is 2.30. The molecule has 0 aromatic heterocycles. The van der Waals surface area contributed by atoms with Crippen molar-refractivity contribution in [2.24, 2.45) is 0 Å². The van der Waals surface area contributed by atoms with Crippen molar-refractivity contribution in [2.75, 3.05) is 26.2 Å². The van der Waals surface area contributed by atoms with Crippen molar-refractivity contribution < 1.29 is 14.3 Å². The summed E-state index contributed by atoms with van der Waals surface area (Å²) >= 11 is 5.94. The summed E-state index contributed by atoms with van der Waals surface area (Å²) in [5.74, 6) is 0.599. The Morgan fingerprint density at radius 3 is 2.60 bits per heavy atom. The molecular formula is C18H24ClN3O3. The molecule has 2 N–H and O–H groups in total. The Morgan fingerprint density at radius 1 is 1.28 bits per heavy atom. The van der Waals surface area contributed by atoms with Gasteiger partial charge in [-0.05, 0) is 43.8 Å². The fraction of sp³-hybridized carbons (Fsp3) is 0.556. The molecule has 7 heteroatoms. The van der Waals surface area contributed by atoms with Gasteiger partial charge in [-0.2, -0.15) is 0 Å². The summed E-state index contributed by atoms with van der Waals surface area (Å²) in [6.07, 6.45) is 2.02. The third kappa shape index (κ3) is 4.25. The first-order chi connectivity index (χ1) is 12.0. The lowest BCUT2D eigenvalue weighted by Crippen LogP contribution is -2.57. The molecule has 2 fully saturated rings. The second-order valence-electron chi connectivity index (χ2n) is 6.74. The number of amides is 2. The maximum absolute atomic E-state index is 13.3. The molecule has 2 saturated heterocycles. The van der Waals surface area contributed by atoms with Crippen molar-refractivity contribution in [3.8, 4) is 5.75 Å². The minimum Gasteiger partial charge on any atom is -0.477 e. The van der Waals surface area contributed by atoms with Crippen molar-refractivity contribution in [1.82, 2.24) is 15.5 Å². The highest BCUT2D eigenvalue weighted by Gasteiger charge is 2.46. The first-order valence-electron chi connectivity index (χ1n) is 8.70. The van der Waals surface area contributed by atoms with Gasteiger partial charge in [0.05, 0.1) is 0 Å². The number of carbonyl (C=O) groups excluding carboxylic acids is 2. The first kappa shape index (κ1) is 18.0. The fourth-order valence-corrected chi connectivity index (χ4v) is 3.68. The van der Waals surface area contributed by atoms with Crippen LogP contribution in [0.1, 0.15) is 26.2 Å². The zero-order valence-corrected chi connectivity index (χ0v) is 15.1. The Morgan fingerprint density at radius 2 is 1.96 bits per heavy atom. The Hall–Kier alpha value is -1.79. The number of benzene rings is 1. The molecule has 1 aromatic rings. The lowest BCUT2D eigenvalue weighted by atomic mass is 9.90. The number of ether oxygens (including phenoxy) is 1. The normalized spacial score (nSPS) is 22.5. The van der Waals surface area contributed by atoms with Gasteiger partial charge in [-0.1, -0.05) is 11.6 Å². The molecule has 0 aliphatic carbocycles. The second kappa shape index (κ2) is 7.62. The predicted octanol–water partition coefficient (Wildman–Crippen LogP) is 1.58. The minimum absolute atomic E-state index is 0.0109. The Labute approximate surface area is 152 Å². The molecule has 0 spiro atoms. The zero-order chi connectivity index (χ0) is 17.9. The van der Waals surface area contributed by atoms with Crippen LogP contribution in [0.4, 0.5) is 0 Å². The van der Waals surface area contributed by atoms with Gasteiger partial charge >= 0.3 is 0 Å². The van der Waals surface area contributed by atoms with Crippen LogP contribution in [-0.2, 0) is 9.59 Å². The van der Waals surface area contributed by atoms with Crippen LogP contribution in [0.2, 0.25) is 5.02 Å². The van der Waals surface area contributed by atoms with Gasteiger partial charge in [-0.3, -0.25) is 9.59 Å². The van der Waals surface area contributed by atoms with Gasteiger partial charge in [-0.15, -0.1) is 0 Å². The monoisotopic (exact) mass is 365 g/mol. The van der Waals surface area contributed by atoms with E-state index in [1.807, 2.05) is 4.90 Å². The molecular weight excluding hydrogens is 342 g/mol. The topological polar surface area (TPSA) is 70.7 Å². The molecule has 1 aromatic carbocycles. The van der Waals surface area contributed by atoms with Crippen molar-refractivity contribution in [3.05, 3.63) is 29.3 Å². The van der Waals surface area contributed by atoms with Crippen LogP contribution >= 0.6 is 11.6 Å². The number of nitrogens with one attached hydrogen (secondary N) is 2. The van der Waals surface area contributed by atoms with Crippen LogP contribution in [0, 0.1) is 0 Å². The number of hydrogen-bond donors (Lipinski definition) is 2. The molecule has 2 amide bonds. The standard InChI is InChI=1S/C18H24ClN3O3/c1-13(23)21-15-6-11-22(12-15)17(24)18(7-9-20-10-8-18)25-16-4-2-14(19)3-5-16/h2-5,15,20H,6-12H2,1H3,(H,21,23). The number of nitrogens with zero attached hydrogens (tertiary/aromatic N) is 1. The maximum atomic E-state index is 13.3. The quantitative estimate of drug-likeness (QED) is 0.849. The largest absolute Gasteiger partial charge is 0.477 e. The molecule has 2 aliphatic heterocycles. The minimum atomic E-state index is -0.857. The molecule has 2 aliphatic rings. The van der Waals surface area contributed by atoms with Crippen molar-refractivity contribution in [3.63, 3.8) is 0 Å². The average molecular weight is 366 g/mol. The van der Waals surface area contributed by atoms with Crippen LogP contribution in [0.25, 0.3) is 0 Å². The van der Waals surface area contributed by atoms with Crippen molar-refractivity contribution in [1.29, 1.82) is 0 Å². The van der Waals surface area contributed by atoms with E-state index in [0.29, 0.717) is 36.7 Å². The summed E-state index contributed by atoms with van der Waals surface area (Å²) in [5.41, 5.74) is -0.857. The summed E-state index contributed by atoms with van der Waals surface area (Å²) < 4.78 is 6.21. The van der Waals surface area contributed by atoms with Crippen molar-refractivity contribution in [2.45, 2.75) is 37.8 Å². The average Bonchev–Trinajstić information content (AvgIpc) is 3.05. The molecule has 6 nitrogen and oxygen atoms in total. The highest BCUT2D eigenvalue weighted by molar-refractivity contribution is 6.30. The number of carbonyl (C=O) groups is 2. The van der Waals surface area contributed by atoms with Crippen LogP contribution < -0.4 is 15.4 Å². The van der Waals surface area contributed by atoms with E-state index in [0.717, 1.165) is 19.5 Å². The molecule has 25 heavy (non-hydrogen) atoms. The molecule has 2 heterocycles. The summed E-state index contributed by atoms with van der Waals surface area (Å²) in [6.45, 7) is 4.16. The van der Waals surface area contributed by atoms with E-state index < -0.39 is 5.60 Å². The maximum Gasteiger partial charge on any atom is 0.266 e. The third-order valence-electron chi connectivity index (χ3n) is 4.81. The van der Waals surface area contributed by atoms with Gasteiger partial charge in [0.2, 0.25) is 5.91 Å². The van der Waals surface area contributed by atoms with Gasteiger partial charge in [0.1, 0.15) is 5.75 Å². The third-order valence-corrected chi connectivity index (χ3v) is 5.06. The van der Waals surface area contributed by atoms with Crippen LogP contribution in [0.15, 0.2) is 24.3 Å². The van der Waals surface area contributed by atoms with E-state index in [-0.39, 0.29) is 17.9 Å². The molecule has 1 unspecified atom stereocenters. The smallest absolute Gasteiger partial charge is 0.266 e. The van der Waals surface area contributed by atoms with Gasteiger partial charge < -0.3 is 20.3 Å². The number of likely N-dealkylation sites (tertiary alicyclic amines) is 1. The zero-order valence-electron chi connectivity index (χ0n) is 14.4. The lowest BCUT2D eigenvalue weighted by molar-refractivity contribution is -0.149. The Balaban J connectivity index is 1.74. The number of hydrogen-bond acceptors (Lipinski definition) is 4. The summed E-state index contributed by atoms with van der Waals surface area (Å²) in [7, 11) is 0. The van der Waals surface area contributed by atoms with E-state index in [1.165, 1.54) is 6.92 Å². The van der Waals surface area contributed by atoms with Gasteiger partial charge in [0, 0.05) is 43.9 Å². The molecule has 0 bridgehead atoms. The molecule has 0 saturated carbocycles. The van der Waals surface area contributed by atoms with Gasteiger partial charge in [0.25, 0.3) is 5.91 Å². The Bertz CT molecular complexity index is 629. The highest BCUT2D eigenvalue weighted by atomic mass is 35.5. The lowest BCUT2D eigenvalue weighted by Gasteiger charge is -2.39. The summed E-state index contributed by atoms with van der Waals surface area (Å²) in [5, 5.41) is 6.82. The Kier molecular flexibility index (Phi) is 5.49.